The van der Waals surface area contributed by atoms with Crippen molar-refractivity contribution in [3.05, 3.63) is 36.0 Å². The van der Waals surface area contributed by atoms with Crippen molar-refractivity contribution in [3.63, 3.8) is 0 Å². The molecule has 1 aromatic carbocycles. The van der Waals surface area contributed by atoms with Crippen molar-refractivity contribution in [2.45, 2.75) is 33.1 Å². The van der Waals surface area contributed by atoms with Crippen molar-refractivity contribution < 1.29 is 0 Å². The van der Waals surface area contributed by atoms with Crippen molar-refractivity contribution >= 4 is 16.6 Å². The molecule has 90 valence electrons. The summed E-state index contributed by atoms with van der Waals surface area (Å²) in [6.45, 7) is 7.60. The van der Waals surface area contributed by atoms with E-state index in [-0.39, 0.29) is 0 Å². The molecule has 0 spiro atoms. The van der Waals surface area contributed by atoms with Crippen LogP contribution < -0.4 is 5.32 Å². The average molecular weight is 228 g/mol. The minimum Gasteiger partial charge on any atom is -0.384 e. The highest BCUT2D eigenvalue weighted by Gasteiger charge is 2.08. The van der Waals surface area contributed by atoms with Gasteiger partial charge in [-0.05, 0) is 24.0 Å². The van der Waals surface area contributed by atoms with Crippen LogP contribution in [0.3, 0.4) is 0 Å². The fraction of sp³-hybridized carbons (Fsp3) is 0.400. The van der Waals surface area contributed by atoms with Gasteiger partial charge in [-0.15, -0.1) is 0 Å². The highest BCUT2D eigenvalue weighted by atomic mass is 14.9. The predicted molar refractivity (Wildman–Crippen MR) is 74.6 cm³/mol. The van der Waals surface area contributed by atoms with Crippen LogP contribution in [-0.4, -0.2) is 11.5 Å². The molecule has 0 aliphatic heterocycles. The van der Waals surface area contributed by atoms with Gasteiger partial charge in [0.25, 0.3) is 0 Å². The lowest BCUT2D eigenvalue weighted by atomic mass is 9.99. The van der Waals surface area contributed by atoms with Crippen molar-refractivity contribution in [1.82, 2.24) is 4.98 Å². The van der Waals surface area contributed by atoms with E-state index in [1.54, 1.807) is 0 Å². The van der Waals surface area contributed by atoms with Crippen LogP contribution in [0.4, 0.5) is 5.69 Å². The normalized spacial score (nSPS) is 11.1. The fourth-order valence-corrected chi connectivity index (χ4v) is 2.08. The molecule has 2 rings (SSSR count). The van der Waals surface area contributed by atoms with Crippen LogP contribution in [0.15, 0.2) is 30.5 Å². The lowest BCUT2D eigenvalue weighted by molar-refractivity contribution is 0.873. The van der Waals surface area contributed by atoms with Gasteiger partial charge in [0.1, 0.15) is 0 Å². The fourth-order valence-electron chi connectivity index (χ4n) is 2.08. The third-order valence-corrected chi connectivity index (χ3v) is 2.99. The number of rotatable bonds is 4. The molecule has 0 saturated carbocycles. The summed E-state index contributed by atoms with van der Waals surface area (Å²) in [4.78, 5) is 4.53. The van der Waals surface area contributed by atoms with E-state index in [1.165, 1.54) is 16.6 Å². The van der Waals surface area contributed by atoms with Gasteiger partial charge >= 0.3 is 0 Å². The van der Waals surface area contributed by atoms with E-state index < -0.39 is 0 Å². The van der Waals surface area contributed by atoms with E-state index in [0.717, 1.165) is 18.5 Å². The molecule has 0 bridgehead atoms. The molecule has 0 atom stereocenters. The van der Waals surface area contributed by atoms with Crippen molar-refractivity contribution in [3.8, 4) is 0 Å². The summed E-state index contributed by atoms with van der Waals surface area (Å²) in [6.07, 6.45) is 3.03. The number of aromatic nitrogens is 1. The Morgan fingerprint density at radius 3 is 2.76 bits per heavy atom. The summed E-state index contributed by atoms with van der Waals surface area (Å²) in [5.41, 5.74) is 3.64. The van der Waals surface area contributed by atoms with Crippen LogP contribution in [0.2, 0.25) is 0 Å². The minimum absolute atomic E-state index is 0.507. The van der Waals surface area contributed by atoms with Gasteiger partial charge in [-0.1, -0.05) is 39.0 Å². The summed E-state index contributed by atoms with van der Waals surface area (Å²) in [6, 6.07) is 8.49. The zero-order valence-corrected chi connectivity index (χ0v) is 10.8. The smallest absolute Gasteiger partial charge is 0.0757 e. The molecule has 0 unspecified atom stereocenters. The number of fused-ring (bicyclic) bond motifs is 1. The number of benzene rings is 1. The van der Waals surface area contributed by atoms with Gasteiger partial charge in [-0.25, -0.2) is 0 Å². The highest BCUT2D eigenvalue weighted by molar-refractivity contribution is 5.93. The molecule has 0 saturated heterocycles. The maximum absolute atomic E-state index is 4.53. The third-order valence-electron chi connectivity index (χ3n) is 2.99. The van der Waals surface area contributed by atoms with Gasteiger partial charge in [0.05, 0.1) is 5.52 Å². The number of nitrogens with zero attached hydrogens (tertiary/aromatic N) is 1. The number of hydrogen-bond acceptors (Lipinski definition) is 2. The maximum Gasteiger partial charge on any atom is 0.0757 e. The Labute approximate surface area is 103 Å². The van der Waals surface area contributed by atoms with E-state index in [4.69, 9.17) is 0 Å². The molecule has 2 aromatic rings. The molecule has 0 fully saturated rings. The Kier molecular flexibility index (Phi) is 3.62. The zero-order chi connectivity index (χ0) is 12.3. The van der Waals surface area contributed by atoms with E-state index >= 15 is 0 Å². The van der Waals surface area contributed by atoms with Crippen LogP contribution in [0.5, 0.6) is 0 Å². The lowest BCUT2D eigenvalue weighted by Crippen LogP contribution is -2.01. The first-order valence-electron chi connectivity index (χ1n) is 6.35. The van der Waals surface area contributed by atoms with Crippen LogP contribution in [0.1, 0.15) is 38.7 Å². The van der Waals surface area contributed by atoms with Gasteiger partial charge in [-0.2, -0.15) is 0 Å². The van der Waals surface area contributed by atoms with Crippen LogP contribution in [-0.2, 0) is 0 Å². The summed E-state index contributed by atoms with van der Waals surface area (Å²) in [5, 5.41) is 4.69. The van der Waals surface area contributed by atoms with Gasteiger partial charge < -0.3 is 5.32 Å². The van der Waals surface area contributed by atoms with Crippen molar-refractivity contribution in [2.24, 2.45) is 0 Å². The van der Waals surface area contributed by atoms with Crippen molar-refractivity contribution in [1.29, 1.82) is 0 Å². The first-order chi connectivity index (χ1) is 8.24. The first kappa shape index (κ1) is 11.9. The number of para-hydroxylation sites is 1. The third kappa shape index (κ3) is 2.41. The topological polar surface area (TPSA) is 24.9 Å². The number of pyridine rings is 1. The molecule has 17 heavy (non-hydrogen) atoms. The Morgan fingerprint density at radius 1 is 1.24 bits per heavy atom. The molecule has 2 nitrogen and oxygen atoms in total. The summed E-state index contributed by atoms with van der Waals surface area (Å²) in [7, 11) is 0. The van der Waals surface area contributed by atoms with E-state index in [0.29, 0.717) is 5.92 Å². The average Bonchev–Trinajstić information content (AvgIpc) is 2.35. The molecule has 0 aliphatic rings. The molecule has 1 heterocycles. The van der Waals surface area contributed by atoms with E-state index in [2.05, 4.69) is 55.3 Å². The molecule has 0 aliphatic carbocycles. The number of nitrogens with one attached hydrogen (secondary N) is 1. The lowest BCUT2D eigenvalue weighted by Gasteiger charge is -2.12. The molecule has 0 radical (unpaired) electrons. The summed E-state index contributed by atoms with van der Waals surface area (Å²) in [5.74, 6) is 0.507. The molecular weight excluding hydrogens is 208 g/mol. The van der Waals surface area contributed by atoms with Gasteiger partial charge in [0.2, 0.25) is 0 Å². The Bertz CT molecular complexity index is 503. The quantitative estimate of drug-likeness (QED) is 0.849. The zero-order valence-electron chi connectivity index (χ0n) is 10.8. The Morgan fingerprint density at radius 2 is 2.06 bits per heavy atom. The first-order valence-corrected chi connectivity index (χ1v) is 6.35. The van der Waals surface area contributed by atoms with E-state index in [1.807, 2.05) is 6.20 Å². The number of hydrogen-bond donors (Lipinski definition) is 1. The Hall–Kier alpha value is -1.57. The SMILES string of the molecule is CCCNc1ccnc2c(C(C)C)cccc12. The van der Waals surface area contributed by atoms with Crippen LogP contribution in [0.25, 0.3) is 10.9 Å². The summed E-state index contributed by atoms with van der Waals surface area (Å²) < 4.78 is 0. The molecule has 0 amide bonds. The van der Waals surface area contributed by atoms with E-state index in [9.17, 15) is 0 Å². The van der Waals surface area contributed by atoms with Gasteiger partial charge in [-0.3, -0.25) is 4.98 Å². The monoisotopic (exact) mass is 228 g/mol. The molecule has 1 N–H and O–H groups in total. The minimum atomic E-state index is 0.507. The second kappa shape index (κ2) is 5.17. The maximum atomic E-state index is 4.53. The van der Waals surface area contributed by atoms with Gasteiger partial charge in [0.15, 0.2) is 0 Å². The molecule has 1 aromatic heterocycles. The molecular formula is C15H20N2. The van der Waals surface area contributed by atoms with Gasteiger partial charge in [0, 0.05) is 23.8 Å². The molecule has 2 heteroatoms. The van der Waals surface area contributed by atoms with Crippen LogP contribution in [0, 0.1) is 0 Å². The predicted octanol–water partition coefficient (Wildman–Crippen LogP) is 4.18. The number of anilines is 1. The Balaban J connectivity index is 2.53. The second-order valence-corrected chi connectivity index (χ2v) is 4.68. The van der Waals surface area contributed by atoms with Crippen molar-refractivity contribution in [2.75, 3.05) is 11.9 Å². The summed E-state index contributed by atoms with van der Waals surface area (Å²) >= 11 is 0. The van der Waals surface area contributed by atoms with Crippen LogP contribution >= 0.6 is 0 Å². The second-order valence-electron chi connectivity index (χ2n) is 4.68. The standard InChI is InChI=1S/C15H20N2/c1-4-9-16-14-8-10-17-15-12(11(2)3)6-5-7-13(14)15/h5-8,10-11H,4,9H2,1-3H3,(H,16,17). The highest BCUT2D eigenvalue weighted by Crippen LogP contribution is 2.28. The largest absolute Gasteiger partial charge is 0.384 e.